The summed E-state index contributed by atoms with van der Waals surface area (Å²) in [5, 5.41) is 5.01. The highest BCUT2D eigenvalue weighted by atomic mass is 32.1. The van der Waals surface area contributed by atoms with Crippen molar-refractivity contribution in [2.75, 3.05) is 31.5 Å². The number of nitrogens with one attached hydrogen (secondary N) is 2. The van der Waals surface area contributed by atoms with Crippen molar-refractivity contribution in [3.63, 3.8) is 0 Å². The van der Waals surface area contributed by atoms with Crippen LogP contribution in [0.25, 0.3) is 10.2 Å². The van der Waals surface area contributed by atoms with E-state index in [-0.39, 0.29) is 5.82 Å². The second-order valence-electron chi connectivity index (χ2n) is 6.88. The Bertz CT molecular complexity index is 931. The maximum atomic E-state index is 13.7. The maximum Gasteiger partial charge on any atom is 0.173 e. The third-order valence-electron chi connectivity index (χ3n) is 4.92. The Morgan fingerprint density at radius 1 is 1.26 bits per heavy atom. The molecule has 4 nitrogen and oxygen atoms in total. The third-order valence-corrected chi connectivity index (χ3v) is 6.32. The Morgan fingerprint density at radius 3 is 2.78 bits per heavy atom. The van der Waals surface area contributed by atoms with Crippen molar-refractivity contribution in [1.29, 1.82) is 0 Å². The molecule has 1 aliphatic heterocycles. The fourth-order valence-corrected chi connectivity index (χ4v) is 4.62. The number of thiocarbonyl (C=S) groups is 1. The normalized spacial score (nSPS) is 15.3. The van der Waals surface area contributed by atoms with E-state index in [0.717, 1.165) is 38.2 Å². The van der Waals surface area contributed by atoms with E-state index in [1.165, 1.54) is 20.7 Å². The number of para-hydroxylation sites is 1. The van der Waals surface area contributed by atoms with Gasteiger partial charge in [-0.2, -0.15) is 0 Å². The van der Waals surface area contributed by atoms with Crippen LogP contribution in [0.15, 0.2) is 42.5 Å². The molecule has 0 atom stereocenters. The van der Waals surface area contributed by atoms with E-state index in [9.17, 15) is 4.39 Å². The summed E-state index contributed by atoms with van der Waals surface area (Å²) in [5.41, 5.74) is 2.43. The fourth-order valence-electron chi connectivity index (χ4n) is 3.29. The minimum absolute atomic E-state index is 0.215. The number of fused-ring (bicyclic) bond motifs is 1. The summed E-state index contributed by atoms with van der Waals surface area (Å²) >= 11 is 7.30. The van der Waals surface area contributed by atoms with Crippen molar-refractivity contribution in [3.8, 4) is 0 Å². The average Bonchev–Trinajstić information content (AvgIpc) is 3.07. The molecule has 1 aromatic heterocycles. The first kappa shape index (κ1) is 18.3. The molecule has 0 unspecified atom stereocenters. The number of piperazine rings is 1. The first-order valence-electron chi connectivity index (χ1n) is 9.08. The smallest absolute Gasteiger partial charge is 0.173 e. The number of nitrogens with zero attached hydrogens (tertiary/aromatic N) is 2. The fraction of sp³-hybridized carbons (Fsp3) is 0.300. The van der Waals surface area contributed by atoms with Gasteiger partial charge in [0.05, 0.1) is 36.4 Å². The largest absolute Gasteiger partial charge is 0.338 e. The van der Waals surface area contributed by atoms with Gasteiger partial charge in [0.2, 0.25) is 0 Å². The minimum Gasteiger partial charge on any atom is -0.338 e. The number of hydrogen-bond donors (Lipinski definition) is 2. The molecule has 2 heterocycles. The monoisotopic (exact) mass is 401 g/mol. The Morgan fingerprint density at radius 2 is 2.04 bits per heavy atom. The van der Waals surface area contributed by atoms with E-state index in [2.05, 4.69) is 28.4 Å². The van der Waals surface area contributed by atoms with Crippen LogP contribution in [-0.4, -0.2) is 41.2 Å². The highest BCUT2D eigenvalue weighted by Crippen LogP contribution is 2.20. The molecule has 0 saturated carbocycles. The lowest BCUT2D eigenvalue weighted by Gasteiger charge is -2.33. The van der Waals surface area contributed by atoms with Crippen molar-refractivity contribution in [2.45, 2.75) is 13.5 Å². The molecule has 27 heavy (non-hydrogen) atoms. The number of aromatic nitrogens is 1. The second-order valence-corrected chi connectivity index (χ2v) is 8.39. The molecular weight excluding hydrogens is 379 g/mol. The lowest BCUT2D eigenvalue weighted by Crippen LogP contribution is -3.13. The van der Waals surface area contributed by atoms with Gasteiger partial charge in [-0.05, 0) is 49.0 Å². The quantitative estimate of drug-likeness (QED) is 0.661. The van der Waals surface area contributed by atoms with Gasteiger partial charge in [0, 0.05) is 5.69 Å². The van der Waals surface area contributed by atoms with E-state index < -0.39 is 0 Å². The molecule has 0 aliphatic carbocycles. The topological polar surface area (TPSA) is 32.6 Å². The predicted molar refractivity (Wildman–Crippen MR) is 113 cm³/mol. The molecule has 0 spiro atoms. The molecule has 3 aromatic rings. The van der Waals surface area contributed by atoms with Gasteiger partial charge >= 0.3 is 0 Å². The van der Waals surface area contributed by atoms with Crippen LogP contribution >= 0.6 is 23.6 Å². The van der Waals surface area contributed by atoms with Crippen molar-refractivity contribution < 1.29 is 9.29 Å². The number of quaternary nitrogens is 1. The standard InChI is InChI=1S/C20H21FN4S2/c1-14-6-7-15(12-16(14)21)22-20(26)25-10-8-24(9-11-25)13-19-23-17-4-2-3-5-18(17)27-19/h2-7,12H,8-11,13H2,1H3,(H,22,26)/p+1. The number of hydrogen-bond acceptors (Lipinski definition) is 3. The van der Waals surface area contributed by atoms with Gasteiger partial charge in [-0.3, -0.25) is 0 Å². The van der Waals surface area contributed by atoms with Crippen LogP contribution in [0.4, 0.5) is 10.1 Å². The van der Waals surface area contributed by atoms with Gasteiger partial charge in [0.1, 0.15) is 17.4 Å². The number of halogens is 1. The Hall–Kier alpha value is -2.09. The molecule has 1 saturated heterocycles. The van der Waals surface area contributed by atoms with Gasteiger partial charge < -0.3 is 15.1 Å². The zero-order valence-electron chi connectivity index (χ0n) is 15.2. The SMILES string of the molecule is Cc1ccc(NC(=S)N2CC[NH+](Cc3nc4ccccc4s3)CC2)cc1F. The van der Waals surface area contributed by atoms with Crippen molar-refractivity contribution in [2.24, 2.45) is 0 Å². The number of rotatable bonds is 3. The highest BCUT2D eigenvalue weighted by molar-refractivity contribution is 7.80. The molecule has 7 heteroatoms. The minimum atomic E-state index is -0.215. The van der Waals surface area contributed by atoms with E-state index in [1.807, 2.05) is 12.1 Å². The molecule has 2 aromatic carbocycles. The maximum absolute atomic E-state index is 13.7. The van der Waals surface area contributed by atoms with Gasteiger partial charge in [-0.1, -0.05) is 18.2 Å². The molecule has 0 amide bonds. The summed E-state index contributed by atoms with van der Waals surface area (Å²) < 4.78 is 15.0. The lowest BCUT2D eigenvalue weighted by molar-refractivity contribution is -0.917. The molecule has 0 radical (unpaired) electrons. The van der Waals surface area contributed by atoms with Crippen molar-refractivity contribution >= 4 is 44.6 Å². The summed E-state index contributed by atoms with van der Waals surface area (Å²) in [6.45, 7) is 6.52. The molecule has 0 bridgehead atoms. The zero-order chi connectivity index (χ0) is 18.8. The van der Waals surface area contributed by atoms with E-state index in [0.29, 0.717) is 16.4 Å². The van der Waals surface area contributed by atoms with E-state index in [4.69, 9.17) is 17.2 Å². The number of benzene rings is 2. The summed E-state index contributed by atoms with van der Waals surface area (Å²) in [4.78, 5) is 8.43. The van der Waals surface area contributed by atoms with E-state index >= 15 is 0 Å². The molecule has 140 valence electrons. The number of anilines is 1. The van der Waals surface area contributed by atoms with Gasteiger partial charge in [0.15, 0.2) is 5.11 Å². The van der Waals surface area contributed by atoms with Crippen LogP contribution < -0.4 is 10.2 Å². The van der Waals surface area contributed by atoms with Crippen LogP contribution in [0.3, 0.4) is 0 Å². The third kappa shape index (κ3) is 4.26. The summed E-state index contributed by atoms with van der Waals surface area (Å²) in [6, 6.07) is 13.4. The van der Waals surface area contributed by atoms with Crippen molar-refractivity contribution in [1.82, 2.24) is 9.88 Å². The first-order valence-corrected chi connectivity index (χ1v) is 10.3. The van der Waals surface area contributed by atoms with Crippen LogP contribution in [0.5, 0.6) is 0 Å². The molecular formula is C20H22FN4S2+. The Labute approximate surface area is 167 Å². The summed E-state index contributed by atoms with van der Waals surface area (Å²) in [7, 11) is 0. The van der Waals surface area contributed by atoms with Gasteiger partial charge in [-0.25, -0.2) is 9.37 Å². The number of aryl methyl sites for hydroxylation is 1. The number of thiazole rings is 1. The zero-order valence-corrected chi connectivity index (χ0v) is 16.8. The first-order chi connectivity index (χ1) is 13.1. The Balaban J connectivity index is 1.31. The second kappa shape index (κ2) is 7.88. The van der Waals surface area contributed by atoms with Crippen LogP contribution in [0.1, 0.15) is 10.6 Å². The van der Waals surface area contributed by atoms with Crippen LogP contribution in [-0.2, 0) is 6.54 Å². The summed E-state index contributed by atoms with van der Waals surface area (Å²) in [6.07, 6.45) is 0. The van der Waals surface area contributed by atoms with Crippen molar-refractivity contribution in [3.05, 3.63) is 58.9 Å². The van der Waals surface area contributed by atoms with Crippen LogP contribution in [0, 0.1) is 12.7 Å². The predicted octanol–water partition coefficient (Wildman–Crippen LogP) is 2.84. The summed E-state index contributed by atoms with van der Waals surface area (Å²) in [5.74, 6) is -0.215. The molecule has 1 fully saturated rings. The lowest BCUT2D eigenvalue weighted by atomic mass is 10.2. The molecule has 1 aliphatic rings. The van der Waals surface area contributed by atoms with Gasteiger partial charge in [-0.15, -0.1) is 11.3 Å². The van der Waals surface area contributed by atoms with Gasteiger partial charge in [0.25, 0.3) is 0 Å². The van der Waals surface area contributed by atoms with Crippen LogP contribution in [0.2, 0.25) is 0 Å². The Kier molecular flexibility index (Phi) is 5.33. The highest BCUT2D eigenvalue weighted by Gasteiger charge is 2.23. The molecule has 4 rings (SSSR count). The average molecular weight is 402 g/mol. The van der Waals surface area contributed by atoms with E-state index in [1.54, 1.807) is 24.3 Å². The molecule has 2 N–H and O–H groups in total.